The van der Waals surface area contributed by atoms with Crippen molar-refractivity contribution < 1.29 is 45.6 Å². The Hall–Kier alpha value is -2.66. The molecule has 0 radical (unpaired) electrons. The molecule has 2 N–H and O–H groups in total. The maximum atomic E-state index is 12.7. The molecule has 0 aliphatic heterocycles. The number of rotatable bonds is 5. The summed E-state index contributed by atoms with van der Waals surface area (Å²) in [5.74, 6) is -6.32. The Morgan fingerprint density at radius 1 is 1.12 bits per heavy atom. The number of hydrogen-bond acceptors (Lipinski definition) is 5. The van der Waals surface area contributed by atoms with Crippen LogP contribution in [0.4, 0.5) is 13.2 Å². The van der Waals surface area contributed by atoms with Crippen molar-refractivity contribution in [3.05, 3.63) is 54.1 Å². The van der Waals surface area contributed by atoms with Crippen LogP contribution in [-0.2, 0) is 23.9 Å². The molecule has 0 aromatic heterocycles. The first-order valence-electron chi connectivity index (χ1n) is 6.85. The van der Waals surface area contributed by atoms with Crippen LogP contribution in [0.3, 0.4) is 0 Å². The molecule has 7 nitrogen and oxygen atoms in total. The lowest BCUT2D eigenvalue weighted by Gasteiger charge is -2.34. The zero-order valence-electron chi connectivity index (χ0n) is 12.7. The molecule has 26 heavy (non-hydrogen) atoms. The molecule has 0 fully saturated rings. The molecule has 2 unspecified atom stereocenters. The predicted molar refractivity (Wildman–Crippen MR) is 81.1 cm³/mol. The van der Waals surface area contributed by atoms with Gasteiger partial charge < -0.3 is 10.2 Å². The first kappa shape index (κ1) is 19.7. The normalized spacial score (nSPS) is 23.3. The molecule has 0 saturated carbocycles. The van der Waals surface area contributed by atoms with Crippen molar-refractivity contribution in [1.82, 2.24) is 0 Å². The Bertz CT molecular complexity index is 888. The second kappa shape index (κ2) is 6.57. The van der Waals surface area contributed by atoms with Gasteiger partial charge in [0.25, 0.3) is 0 Å². The lowest BCUT2D eigenvalue weighted by Crippen LogP contribution is -2.53. The smallest absolute Gasteiger partial charge is 0.481 e. The molecular weight excluding hydrogens is 381 g/mol. The lowest BCUT2D eigenvalue weighted by atomic mass is 9.76. The van der Waals surface area contributed by atoms with Crippen LogP contribution in [0.1, 0.15) is 5.56 Å². The molecule has 2 atom stereocenters. The molecule has 0 saturated heterocycles. The van der Waals surface area contributed by atoms with Crippen molar-refractivity contribution in [2.45, 2.75) is 11.1 Å². The van der Waals surface area contributed by atoms with Crippen LogP contribution in [0.25, 0.3) is 5.57 Å². The van der Waals surface area contributed by atoms with Crippen molar-refractivity contribution in [2.75, 3.05) is 0 Å². The van der Waals surface area contributed by atoms with Crippen LogP contribution in [0.5, 0.6) is 0 Å². The topological polar surface area (TPSA) is 118 Å². The van der Waals surface area contributed by atoms with E-state index < -0.39 is 39.1 Å². The van der Waals surface area contributed by atoms with Gasteiger partial charge in [-0.25, -0.2) is 8.98 Å². The number of benzene rings is 1. The maximum absolute atomic E-state index is 12.7. The zero-order valence-corrected chi connectivity index (χ0v) is 13.5. The fraction of sp³-hybridized carbons (Fsp3) is 0.200. The number of alkyl halides is 3. The summed E-state index contributed by atoms with van der Waals surface area (Å²) in [6.07, 6.45) is 2.56. The molecule has 1 aliphatic carbocycles. The molecule has 11 heteroatoms. The van der Waals surface area contributed by atoms with Gasteiger partial charge in [-0.05, 0) is 17.2 Å². The summed E-state index contributed by atoms with van der Waals surface area (Å²) < 4.78 is 64.8. The van der Waals surface area contributed by atoms with Gasteiger partial charge in [-0.1, -0.05) is 42.5 Å². The first-order chi connectivity index (χ1) is 11.9. The van der Waals surface area contributed by atoms with E-state index in [1.807, 2.05) is 0 Å². The van der Waals surface area contributed by atoms with Crippen molar-refractivity contribution in [2.24, 2.45) is 5.92 Å². The van der Waals surface area contributed by atoms with Gasteiger partial charge in [0.15, 0.2) is 0 Å². The third-order valence-electron chi connectivity index (χ3n) is 3.58. The summed E-state index contributed by atoms with van der Waals surface area (Å²) in [4.78, 5) is 23.4. The van der Waals surface area contributed by atoms with Gasteiger partial charge in [0.1, 0.15) is 5.92 Å². The highest BCUT2D eigenvalue weighted by Gasteiger charge is 2.60. The van der Waals surface area contributed by atoms with Crippen LogP contribution < -0.4 is 0 Å². The number of hydrogen-bond donors (Lipinski definition) is 2. The van der Waals surface area contributed by atoms with Crippen molar-refractivity contribution in [1.29, 1.82) is 0 Å². The highest BCUT2D eigenvalue weighted by atomic mass is 32.2. The van der Waals surface area contributed by atoms with Crippen LogP contribution >= 0.6 is 0 Å². The summed E-state index contributed by atoms with van der Waals surface area (Å²) in [5.41, 5.74) is -9.27. The van der Waals surface area contributed by atoms with E-state index in [1.165, 1.54) is 30.3 Å². The zero-order chi connectivity index (χ0) is 19.8. The molecule has 0 bridgehead atoms. The minimum atomic E-state index is -6.40. The van der Waals surface area contributed by atoms with E-state index in [4.69, 9.17) is 0 Å². The van der Waals surface area contributed by atoms with Crippen molar-refractivity contribution >= 4 is 27.6 Å². The standard InChI is InChI=1S/C15H11F3O7S/c16-15(17,18)26(23,24)25-14(13(21)22)8-4-7-10(11(14)12(19)20)9-5-2-1-3-6-9/h1-8,11H,(H,19,20)(H,21,22). The molecule has 0 heterocycles. The third kappa shape index (κ3) is 3.35. The van der Waals surface area contributed by atoms with Crippen LogP contribution in [0.15, 0.2) is 48.6 Å². The molecule has 0 spiro atoms. The van der Waals surface area contributed by atoms with Crippen molar-refractivity contribution in [3.8, 4) is 0 Å². The van der Waals surface area contributed by atoms with Crippen LogP contribution in [-0.4, -0.2) is 41.7 Å². The minimum Gasteiger partial charge on any atom is -0.481 e. The van der Waals surface area contributed by atoms with Gasteiger partial charge >= 0.3 is 27.6 Å². The van der Waals surface area contributed by atoms with E-state index in [1.54, 1.807) is 6.07 Å². The van der Waals surface area contributed by atoms with Crippen LogP contribution in [0, 0.1) is 5.92 Å². The minimum absolute atomic E-state index is 0.183. The Balaban J connectivity index is 2.66. The van der Waals surface area contributed by atoms with Gasteiger partial charge in [0.05, 0.1) is 0 Å². The van der Waals surface area contributed by atoms with Crippen LogP contribution in [0.2, 0.25) is 0 Å². The number of halogens is 3. The number of aliphatic carboxylic acids is 2. The number of carbonyl (C=O) groups is 2. The summed E-state index contributed by atoms with van der Waals surface area (Å²) in [5, 5.41) is 18.9. The highest BCUT2D eigenvalue weighted by Crippen LogP contribution is 2.42. The van der Waals surface area contributed by atoms with E-state index in [0.717, 1.165) is 6.08 Å². The monoisotopic (exact) mass is 392 g/mol. The van der Waals surface area contributed by atoms with E-state index in [2.05, 4.69) is 4.18 Å². The van der Waals surface area contributed by atoms with E-state index in [9.17, 15) is 41.4 Å². The second-order valence-electron chi connectivity index (χ2n) is 5.20. The summed E-state index contributed by atoms with van der Waals surface area (Å²) in [7, 11) is -6.40. The van der Waals surface area contributed by atoms with E-state index in [0.29, 0.717) is 6.08 Å². The molecule has 1 aromatic rings. The fourth-order valence-corrected chi connectivity index (χ4v) is 3.14. The van der Waals surface area contributed by atoms with E-state index >= 15 is 0 Å². The van der Waals surface area contributed by atoms with Gasteiger partial charge in [0, 0.05) is 0 Å². The molecule has 2 rings (SSSR count). The number of carboxylic acids is 2. The van der Waals surface area contributed by atoms with Gasteiger partial charge in [0.2, 0.25) is 5.60 Å². The van der Waals surface area contributed by atoms with Gasteiger partial charge in [-0.2, -0.15) is 21.6 Å². The van der Waals surface area contributed by atoms with Gasteiger partial charge in [-0.15, -0.1) is 0 Å². The predicted octanol–water partition coefficient (Wildman–Crippen LogP) is 2.03. The Morgan fingerprint density at radius 2 is 1.69 bits per heavy atom. The largest absolute Gasteiger partial charge is 0.523 e. The quantitative estimate of drug-likeness (QED) is 0.581. The average Bonchev–Trinajstić information content (AvgIpc) is 2.53. The summed E-state index contributed by atoms with van der Waals surface area (Å²) in [6, 6.07) is 7.34. The summed E-state index contributed by atoms with van der Waals surface area (Å²) >= 11 is 0. The van der Waals surface area contributed by atoms with Gasteiger partial charge in [-0.3, -0.25) is 4.79 Å². The first-order valence-corrected chi connectivity index (χ1v) is 8.26. The molecule has 140 valence electrons. The molecule has 1 aromatic carbocycles. The Kier molecular flexibility index (Phi) is 4.97. The maximum Gasteiger partial charge on any atom is 0.523 e. The average molecular weight is 392 g/mol. The van der Waals surface area contributed by atoms with Crippen molar-refractivity contribution in [3.63, 3.8) is 0 Å². The lowest BCUT2D eigenvalue weighted by molar-refractivity contribution is -0.163. The highest BCUT2D eigenvalue weighted by molar-refractivity contribution is 7.87. The van der Waals surface area contributed by atoms with E-state index in [-0.39, 0.29) is 11.1 Å². The Morgan fingerprint density at radius 3 is 2.15 bits per heavy atom. The number of allylic oxidation sites excluding steroid dienone is 2. The SMILES string of the molecule is O=C(O)C1C(c2ccccc2)=CC=CC1(OS(=O)(=O)C(F)(F)F)C(=O)O. The molecule has 1 aliphatic rings. The third-order valence-corrected chi connectivity index (χ3v) is 4.64. The molecular formula is C15H11F3O7S. The summed E-state index contributed by atoms with van der Waals surface area (Å²) in [6.45, 7) is 0. The Labute approximate surface area is 145 Å². The second-order valence-corrected chi connectivity index (χ2v) is 6.74. The fourth-order valence-electron chi connectivity index (χ4n) is 2.46. The molecule has 0 amide bonds. The number of carboxylic acid groups (broad SMARTS) is 2.